The first-order valence-electron chi connectivity index (χ1n) is 11.2. The van der Waals surface area contributed by atoms with E-state index in [9.17, 15) is 18.8 Å². The fourth-order valence-corrected chi connectivity index (χ4v) is 4.27. The van der Waals surface area contributed by atoms with E-state index < -0.39 is 23.6 Å². The third-order valence-electron chi connectivity index (χ3n) is 5.11. The molecule has 1 saturated heterocycles. The zero-order chi connectivity index (χ0) is 25.5. The van der Waals surface area contributed by atoms with Crippen LogP contribution in [-0.2, 0) is 16.2 Å². The monoisotopic (exact) mass is 506 g/mol. The molecule has 0 spiro atoms. The third-order valence-corrected chi connectivity index (χ3v) is 6.02. The van der Waals surface area contributed by atoms with Crippen LogP contribution in [0.2, 0.25) is 0 Å². The van der Waals surface area contributed by atoms with Gasteiger partial charge < -0.3 is 14.8 Å². The van der Waals surface area contributed by atoms with Crippen LogP contribution in [0.25, 0.3) is 6.08 Å². The molecule has 9 heteroatoms. The average molecular weight is 507 g/mol. The van der Waals surface area contributed by atoms with Crippen LogP contribution < -0.4 is 14.8 Å². The first kappa shape index (κ1) is 25.0. The number of benzene rings is 3. The zero-order valence-corrected chi connectivity index (χ0v) is 20.2. The van der Waals surface area contributed by atoms with E-state index in [-0.39, 0.29) is 17.3 Å². The Kier molecular flexibility index (Phi) is 8.02. The van der Waals surface area contributed by atoms with Gasteiger partial charge in [-0.3, -0.25) is 19.3 Å². The van der Waals surface area contributed by atoms with E-state index in [0.29, 0.717) is 34.9 Å². The Morgan fingerprint density at radius 3 is 2.56 bits per heavy atom. The van der Waals surface area contributed by atoms with Gasteiger partial charge in [0, 0.05) is 11.3 Å². The normalized spacial score (nSPS) is 14.3. The van der Waals surface area contributed by atoms with E-state index in [4.69, 9.17) is 9.47 Å². The Labute approximate surface area is 211 Å². The standard InChI is InChI=1S/C27H23FN2O5S/c1-2-34-22-12-10-21(11-13-22)29-25(31)16-30-26(32)24(36-27(30)33)15-19-7-3-4-9-23(19)35-17-18-6-5-8-20(28)14-18/h3-15H,2,16-17H2,1H3,(H,29,31)/b24-15+. The van der Waals surface area contributed by atoms with Gasteiger partial charge in [-0.25, -0.2) is 4.39 Å². The smallest absolute Gasteiger partial charge is 0.294 e. The molecule has 0 aromatic heterocycles. The maximum Gasteiger partial charge on any atom is 0.294 e. The van der Waals surface area contributed by atoms with Gasteiger partial charge in [0.2, 0.25) is 5.91 Å². The number of imide groups is 1. The van der Waals surface area contributed by atoms with Gasteiger partial charge in [0.1, 0.15) is 30.5 Å². The predicted molar refractivity (Wildman–Crippen MR) is 136 cm³/mol. The highest BCUT2D eigenvalue weighted by atomic mass is 32.2. The summed E-state index contributed by atoms with van der Waals surface area (Å²) in [6, 6.07) is 19.9. The second-order valence-electron chi connectivity index (χ2n) is 7.73. The van der Waals surface area contributed by atoms with Crippen LogP contribution in [0.1, 0.15) is 18.1 Å². The van der Waals surface area contributed by atoms with Crippen molar-refractivity contribution in [2.45, 2.75) is 13.5 Å². The molecule has 0 saturated carbocycles. The fourth-order valence-electron chi connectivity index (χ4n) is 3.44. The maximum atomic E-state index is 13.4. The van der Waals surface area contributed by atoms with Gasteiger partial charge in [-0.1, -0.05) is 30.3 Å². The highest BCUT2D eigenvalue weighted by Crippen LogP contribution is 2.34. The molecule has 1 aliphatic heterocycles. The topological polar surface area (TPSA) is 84.9 Å². The summed E-state index contributed by atoms with van der Waals surface area (Å²) < 4.78 is 24.6. The molecule has 184 valence electrons. The molecule has 7 nitrogen and oxygen atoms in total. The van der Waals surface area contributed by atoms with Crippen molar-refractivity contribution >= 4 is 40.6 Å². The van der Waals surface area contributed by atoms with E-state index >= 15 is 0 Å². The van der Waals surface area contributed by atoms with Crippen LogP contribution in [0.15, 0.2) is 77.7 Å². The van der Waals surface area contributed by atoms with Crippen LogP contribution in [0.3, 0.4) is 0 Å². The van der Waals surface area contributed by atoms with Crippen molar-refractivity contribution in [3.8, 4) is 11.5 Å². The fraction of sp³-hybridized carbons (Fsp3) is 0.148. The highest BCUT2D eigenvalue weighted by molar-refractivity contribution is 8.18. The van der Waals surface area contributed by atoms with Gasteiger partial charge in [0.05, 0.1) is 11.5 Å². The van der Waals surface area contributed by atoms with Crippen molar-refractivity contribution in [3.63, 3.8) is 0 Å². The number of ether oxygens (including phenoxy) is 2. The van der Waals surface area contributed by atoms with Gasteiger partial charge in [-0.15, -0.1) is 0 Å². The Morgan fingerprint density at radius 2 is 1.81 bits per heavy atom. The van der Waals surface area contributed by atoms with Gasteiger partial charge in [-0.05, 0) is 72.8 Å². The number of halogens is 1. The SMILES string of the molecule is CCOc1ccc(NC(=O)CN2C(=O)S/C(=C/c3ccccc3OCc3cccc(F)c3)C2=O)cc1. The van der Waals surface area contributed by atoms with Crippen LogP contribution >= 0.6 is 11.8 Å². The summed E-state index contributed by atoms with van der Waals surface area (Å²) >= 11 is 0.754. The summed E-state index contributed by atoms with van der Waals surface area (Å²) in [6.45, 7) is 2.13. The Bertz CT molecular complexity index is 1310. The van der Waals surface area contributed by atoms with Crippen molar-refractivity contribution in [3.05, 3.63) is 94.6 Å². The Morgan fingerprint density at radius 1 is 1.03 bits per heavy atom. The molecule has 1 heterocycles. The molecule has 0 radical (unpaired) electrons. The van der Waals surface area contributed by atoms with Gasteiger partial charge >= 0.3 is 0 Å². The number of hydrogen-bond acceptors (Lipinski definition) is 6. The number of nitrogens with zero attached hydrogens (tertiary/aromatic N) is 1. The minimum absolute atomic E-state index is 0.135. The number of rotatable bonds is 9. The molecule has 0 aliphatic carbocycles. The number of carbonyl (C=O) groups excluding carboxylic acids is 3. The van der Waals surface area contributed by atoms with E-state index in [1.807, 2.05) is 6.92 Å². The molecule has 36 heavy (non-hydrogen) atoms. The Balaban J connectivity index is 1.41. The van der Waals surface area contributed by atoms with Crippen molar-refractivity contribution in [2.24, 2.45) is 0 Å². The first-order chi connectivity index (χ1) is 17.4. The summed E-state index contributed by atoms with van der Waals surface area (Å²) in [5.74, 6) is -0.272. The number of hydrogen-bond donors (Lipinski definition) is 1. The molecule has 3 aromatic carbocycles. The summed E-state index contributed by atoms with van der Waals surface area (Å²) in [6.07, 6.45) is 1.55. The molecule has 0 atom stereocenters. The summed E-state index contributed by atoms with van der Waals surface area (Å²) in [5, 5.41) is 2.14. The first-order valence-corrected chi connectivity index (χ1v) is 12.0. The van der Waals surface area contributed by atoms with Crippen molar-refractivity contribution in [2.75, 3.05) is 18.5 Å². The van der Waals surface area contributed by atoms with Crippen molar-refractivity contribution < 1.29 is 28.2 Å². The Hall–Kier alpha value is -4.11. The van der Waals surface area contributed by atoms with Gasteiger partial charge in [0.15, 0.2) is 0 Å². The quantitative estimate of drug-likeness (QED) is 0.387. The molecular formula is C27H23FN2O5S. The number of para-hydroxylation sites is 1. The van der Waals surface area contributed by atoms with Crippen molar-refractivity contribution in [1.82, 2.24) is 4.90 Å². The predicted octanol–water partition coefficient (Wildman–Crippen LogP) is 5.48. The van der Waals surface area contributed by atoms with E-state index in [1.165, 1.54) is 12.1 Å². The summed E-state index contributed by atoms with van der Waals surface area (Å²) in [4.78, 5) is 38.9. The van der Waals surface area contributed by atoms with E-state index in [2.05, 4.69) is 5.32 Å². The van der Waals surface area contributed by atoms with E-state index in [0.717, 1.165) is 16.7 Å². The number of anilines is 1. The molecule has 1 fully saturated rings. The average Bonchev–Trinajstić information content (AvgIpc) is 3.12. The molecule has 0 unspecified atom stereocenters. The number of nitrogens with one attached hydrogen (secondary N) is 1. The second-order valence-corrected chi connectivity index (χ2v) is 8.72. The minimum atomic E-state index is -0.563. The summed E-state index contributed by atoms with van der Waals surface area (Å²) in [7, 11) is 0. The van der Waals surface area contributed by atoms with Crippen molar-refractivity contribution in [1.29, 1.82) is 0 Å². The van der Waals surface area contributed by atoms with E-state index in [1.54, 1.807) is 66.7 Å². The molecule has 3 amide bonds. The third kappa shape index (κ3) is 6.31. The lowest BCUT2D eigenvalue weighted by Gasteiger charge is -2.13. The molecule has 1 N–H and O–H groups in total. The molecule has 1 aliphatic rings. The van der Waals surface area contributed by atoms with Crippen LogP contribution in [0, 0.1) is 5.82 Å². The van der Waals surface area contributed by atoms with Crippen LogP contribution in [0.5, 0.6) is 11.5 Å². The highest BCUT2D eigenvalue weighted by Gasteiger charge is 2.36. The maximum absolute atomic E-state index is 13.4. The lowest BCUT2D eigenvalue weighted by atomic mass is 10.1. The second kappa shape index (κ2) is 11.5. The van der Waals surface area contributed by atoms with Crippen LogP contribution in [-0.4, -0.2) is 35.1 Å². The molecule has 3 aromatic rings. The van der Waals surface area contributed by atoms with Gasteiger partial charge in [-0.2, -0.15) is 0 Å². The lowest BCUT2D eigenvalue weighted by molar-refractivity contribution is -0.127. The van der Waals surface area contributed by atoms with Gasteiger partial charge in [0.25, 0.3) is 11.1 Å². The molecular weight excluding hydrogens is 483 g/mol. The lowest BCUT2D eigenvalue weighted by Crippen LogP contribution is -2.36. The number of carbonyl (C=O) groups is 3. The van der Waals surface area contributed by atoms with Crippen LogP contribution in [0.4, 0.5) is 14.9 Å². The molecule has 4 rings (SSSR count). The number of amides is 3. The number of thioether (sulfide) groups is 1. The molecule has 0 bridgehead atoms. The minimum Gasteiger partial charge on any atom is -0.494 e. The largest absolute Gasteiger partial charge is 0.494 e. The zero-order valence-electron chi connectivity index (χ0n) is 19.4. The summed E-state index contributed by atoms with van der Waals surface area (Å²) in [5.41, 5.74) is 1.76.